The van der Waals surface area contributed by atoms with Crippen molar-refractivity contribution in [3.8, 4) is 0 Å². The van der Waals surface area contributed by atoms with Crippen LogP contribution in [0, 0.1) is 11.8 Å². The predicted molar refractivity (Wildman–Crippen MR) is 130 cm³/mol. The zero-order chi connectivity index (χ0) is 22.8. The van der Waals surface area contributed by atoms with Crippen molar-refractivity contribution < 1.29 is 9.90 Å². The number of carbonyl (C=O) groups is 1. The van der Waals surface area contributed by atoms with Crippen LogP contribution in [0.4, 0.5) is 0 Å². The van der Waals surface area contributed by atoms with E-state index in [0.29, 0.717) is 11.8 Å². The number of hydrogen-bond donors (Lipinski definition) is 1. The van der Waals surface area contributed by atoms with Gasteiger partial charge in [-0.2, -0.15) is 0 Å². The average Bonchev–Trinajstić information content (AvgIpc) is 3.51. The topological polar surface area (TPSA) is 53.4 Å². The second-order valence-corrected chi connectivity index (χ2v) is 9.71. The van der Waals surface area contributed by atoms with Gasteiger partial charge in [-0.15, -0.1) is 0 Å². The summed E-state index contributed by atoms with van der Waals surface area (Å²) in [5.41, 5.74) is 5.32. The molecule has 0 radical (unpaired) electrons. The standard InChI is InChI=1S/C29H32N2O2/c1-31(27-16-15-26-25(27)8-5-17-30-26)29(33)23-12-9-20(10-13-23)18-21-11-14-24(19-21)28(32)22-6-3-2-4-7-22/h2-10,12-13,17,21,24,27-28,32H,11,14-16,18-19H2,1H3/t21?,24-,27?,28+/m0/s1. The van der Waals surface area contributed by atoms with Crippen molar-refractivity contribution in [1.82, 2.24) is 9.88 Å². The molecule has 2 aliphatic carbocycles. The van der Waals surface area contributed by atoms with E-state index in [-0.39, 0.29) is 18.1 Å². The van der Waals surface area contributed by atoms with Gasteiger partial charge in [-0.3, -0.25) is 9.78 Å². The molecular weight excluding hydrogens is 408 g/mol. The molecular formula is C29H32N2O2. The van der Waals surface area contributed by atoms with E-state index in [2.05, 4.69) is 23.2 Å². The number of fused-ring (bicyclic) bond motifs is 1. The maximum Gasteiger partial charge on any atom is 0.254 e. The van der Waals surface area contributed by atoms with Gasteiger partial charge in [-0.05, 0) is 85.3 Å². The molecule has 1 N–H and O–H groups in total. The summed E-state index contributed by atoms with van der Waals surface area (Å²) in [7, 11) is 1.90. The van der Waals surface area contributed by atoms with Crippen LogP contribution in [0.25, 0.3) is 0 Å². The zero-order valence-corrected chi connectivity index (χ0v) is 19.2. The third-order valence-corrected chi connectivity index (χ3v) is 7.62. The lowest BCUT2D eigenvalue weighted by molar-refractivity contribution is 0.0730. The Bertz CT molecular complexity index is 1100. The summed E-state index contributed by atoms with van der Waals surface area (Å²) in [5.74, 6) is 0.978. The first-order valence-electron chi connectivity index (χ1n) is 12.1. The summed E-state index contributed by atoms with van der Waals surface area (Å²) < 4.78 is 0. The Morgan fingerprint density at radius 2 is 1.82 bits per heavy atom. The minimum Gasteiger partial charge on any atom is -0.388 e. The molecule has 4 heteroatoms. The van der Waals surface area contributed by atoms with E-state index in [9.17, 15) is 9.90 Å². The normalized spacial score (nSPS) is 22.7. The van der Waals surface area contributed by atoms with Gasteiger partial charge in [0, 0.05) is 24.5 Å². The Kier molecular flexibility index (Phi) is 6.28. The predicted octanol–water partition coefficient (Wildman–Crippen LogP) is 5.53. The fraction of sp³-hybridized carbons (Fsp3) is 0.379. The van der Waals surface area contributed by atoms with Crippen molar-refractivity contribution in [1.29, 1.82) is 0 Å². The lowest BCUT2D eigenvalue weighted by atomic mass is 9.91. The van der Waals surface area contributed by atoms with Gasteiger partial charge >= 0.3 is 0 Å². The summed E-state index contributed by atoms with van der Waals surface area (Å²) >= 11 is 0. The number of aliphatic hydroxyl groups excluding tert-OH is 1. The highest BCUT2D eigenvalue weighted by Gasteiger charge is 2.31. The van der Waals surface area contributed by atoms with E-state index in [1.165, 1.54) is 11.1 Å². The highest BCUT2D eigenvalue weighted by atomic mass is 16.3. The Morgan fingerprint density at radius 3 is 2.61 bits per heavy atom. The fourth-order valence-electron chi connectivity index (χ4n) is 5.76. The Hall–Kier alpha value is -2.98. The van der Waals surface area contributed by atoms with Gasteiger partial charge in [-0.1, -0.05) is 48.5 Å². The Balaban J connectivity index is 1.19. The summed E-state index contributed by atoms with van der Waals surface area (Å²) in [4.78, 5) is 19.5. The summed E-state index contributed by atoms with van der Waals surface area (Å²) in [6, 6.07) is 22.3. The Morgan fingerprint density at radius 1 is 1.03 bits per heavy atom. The quantitative estimate of drug-likeness (QED) is 0.548. The van der Waals surface area contributed by atoms with Crippen LogP contribution in [0.1, 0.15) is 70.6 Å². The van der Waals surface area contributed by atoms with E-state index in [1.807, 2.05) is 66.7 Å². The number of amides is 1. The maximum absolute atomic E-state index is 13.1. The molecule has 0 aliphatic heterocycles. The van der Waals surface area contributed by atoms with Crippen LogP contribution in [-0.4, -0.2) is 27.9 Å². The molecule has 2 unspecified atom stereocenters. The largest absolute Gasteiger partial charge is 0.388 e. The van der Waals surface area contributed by atoms with Gasteiger partial charge in [0.2, 0.25) is 0 Å². The third-order valence-electron chi connectivity index (χ3n) is 7.62. The van der Waals surface area contributed by atoms with Crippen molar-refractivity contribution in [2.75, 3.05) is 7.05 Å². The van der Waals surface area contributed by atoms with Gasteiger partial charge in [0.05, 0.1) is 12.1 Å². The minimum absolute atomic E-state index is 0.0650. The van der Waals surface area contributed by atoms with Gasteiger partial charge in [0.25, 0.3) is 5.91 Å². The average molecular weight is 441 g/mol. The summed E-state index contributed by atoms with van der Waals surface area (Å²) in [5, 5.41) is 10.8. The highest BCUT2D eigenvalue weighted by Crippen LogP contribution is 2.40. The number of hydrogen-bond acceptors (Lipinski definition) is 3. The van der Waals surface area contributed by atoms with E-state index in [4.69, 9.17) is 0 Å². The molecule has 4 atom stereocenters. The van der Waals surface area contributed by atoms with Crippen LogP contribution in [0.2, 0.25) is 0 Å². The number of benzene rings is 2. The molecule has 2 aromatic carbocycles. The van der Waals surface area contributed by atoms with Crippen molar-refractivity contribution >= 4 is 5.91 Å². The molecule has 4 nitrogen and oxygen atoms in total. The molecule has 1 saturated carbocycles. The second kappa shape index (κ2) is 9.48. The van der Waals surface area contributed by atoms with E-state index >= 15 is 0 Å². The molecule has 170 valence electrons. The van der Waals surface area contributed by atoms with E-state index < -0.39 is 0 Å². The smallest absolute Gasteiger partial charge is 0.254 e. The number of aryl methyl sites for hydroxylation is 1. The third kappa shape index (κ3) is 4.58. The fourth-order valence-corrected chi connectivity index (χ4v) is 5.76. The first kappa shape index (κ1) is 21.8. The molecule has 1 amide bonds. The van der Waals surface area contributed by atoms with Crippen LogP contribution in [0.5, 0.6) is 0 Å². The van der Waals surface area contributed by atoms with Crippen LogP contribution in [0.15, 0.2) is 72.9 Å². The molecule has 1 heterocycles. The first-order valence-corrected chi connectivity index (χ1v) is 12.1. The highest BCUT2D eigenvalue weighted by molar-refractivity contribution is 5.94. The minimum atomic E-state index is -0.373. The lowest BCUT2D eigenvalue weighted by Crippen LogP contribution is -2.30. The maximum atomic E-state index is 13.1. The molecule has 1 aromatic heterocycles. The van der Waals surface area contributed by atoms with E-state index in [1.54, 1.807) is 0 Å². The van der Waals surface area contributed by atoms with E-state index in [0.717, 1.165) is 55.3 Å². The number of aromatic nitrogens is 1. The molecule has 0 spiro atoms. The number of pyridine rings is 1. The van der Waals surface area contributed by atoms with Crippen LogP contribution in [-0.2, 0) is 12.8 Å². The van der Waals surface area contributed by atoms with Crippen LogP contribution < -0.4 is 0 Å². The molecule has 5 rings (SSSR count). The number of nitrogens with zero attached hydrogens (tertiary/aromatic N) is 2. The number of carbonyl (C=O) groups excluding carboxylic acids is 1. The van der Waals surface area contributed by atoms with Crippen molar-refractivity contribution in [3.05, 3.63) is 101 Å². The number of aliphatic hydroxyl groups is 1. The van der Waals surface area contributed by atoms with Gasteiger partial charge in [-0.25, -0.2) is 0 Å². The number of rotatable bonds is 6. The van der Waals surface area contributed by atoms with Crippen LogP contribution >= 0.6 is 0 Å². The van der Waals surface area contributed by atoms with Crippen molar-refractivity contribution in [2.45, 2.75) is 50.7 Å². The van der Waals surface area contributed by atoms with Gasteiger partial charge in [0.1, 0.15) is 0 Å². The van der Waals surface area contributed by atoms with Gasteiger partial charge < -0.3 is 10.0 Å². The lowest BCUT2D eigenvalue weighted by Gasteiger charge is -2.25. The van der Waals surface area contributed by atoms with Crippen molar-refractivity contribution in [2.24, 2.45) is 11.8 Å². The van der Waals surface area contributed by atoms with Crippen LogP contribution in [0.3, 0.4) is 0 Å². The second-order valence-electron chi connectivity index (χ2n) is 9.71. The van der Waals surface area contributed by atoms with Crippen molar-refractivity contribution in [3.63, 3.8) is 0 Å². The zero-order valence-electron chi connectivity index (χ0n) is 19.2. The molecule has 1 fully saturated rings. The molecule has 33 heavy (non-hydrogen) atoms. The molecule has 0 bridgehead atoms. The first-order chi connectivity index (χ1) is 16.1. The monoisotopic (exact) mass is 440 g/mol. The Labute approximate surface area is 196 Å². The molecule has 0 saturated heterocycles. The van der Waals surface area contributed by atoms with Gasteiger partial charge in [0.15, 0.2) is 0 Å². The summed E-state index contributed by atoms with van der Waals surface area (Å²) in [6.45, 7) is 0. The summed E-state index contributed by atoms with van der Waals surface area (Å²) in [6.07, 6.45) is 7.59. The molecule has 2 aliphatic rings. The SMILES string of the molecule is CN(C(=O)c1ccc(CC2CC[C@H]([C@H](O)c3ccccc3)C2)cc1)C1CCc2ncccc21. The molecule has 3 aromatic rings.